The molecule has 0 bridgehead atoms. The molecule has 0 saturated heterocycles. The highest BCUT2D eigenvalue weighted by molar-refractivity contribution is 5.98. The third-order valence-corrected chi connectivity index (χ3v) is 3.58. The van der Waals surface area contributed by atoms with Gasteiger partial charge in [0.2, 0.25) is 0 Å². The molecule has 1 aliphatic rings. The maximum absolute atomic E-state index is 12.5. The average molecular weight is 300 g/mol. The predicted octanol–water partition coefficient (Wildman–Crippen LogP) is 2.20. The van der Waals surface area contributed by atoms with Crippen LogP contribution in [0, 0.1) is 0 Å². The van der Waals surface area contributed by atoms with Crippen LogP contribution in [0.5, 0.6) is 0 Å². The Bertz CT molecular complexity index is 676. The van der Waals surface area contributed by atoms with Gasteiger partial charge in [0, 0.05) is 12.1 Å². The molecular weight excluding hydrogens is 284 g/mol. The molecule has 2 heterocycles. The summed E-state index contributed by atoms with van der Waals surface area (Å²) in [7, 11) is 1.28. The third kappa shape index (κ3) is 2.86. The number of furan rings is 1. The second-order valence-corrected chi connectivity index (χ2v) is 5.16. The van der Waals surface area contributed by atoms with Crippen LogP contribution in [0.3, 0.4) is 0 Å². The van der Waals surface area contributed by atoms with Crippen molar-refractivity contribution in [2.75, 3.05) is 7.11 Å². The first-order valence-electron chi connectivity index (χ1n) is 7.07. The molecule has 114 valence electrons. The third-order valence-electron chi connectivity index (χ3n) is 3.58. The number of methoxy groups -OCH3 is 1. The van der Waals surface area contributed by atoms with Gasteiger partial charge >= 0.3 is 5.97 Å². The van der Waals surface area contributed by atoms with Gasteiger partial charge in [-0.15, -0.1) is 0 Å². The summed E-state index contributed by atoms with van der Waals surface area (Å²) in [4.78, 5) is 28.5. The summed E-state index contributed by atoms with van der Waals surface area (Å²) in [6.07, 6.45) is 5.10. The molecule has 22 heavy (non-hydrogen) atoms. The first-order chi connectivity index (χ1) is 10.7. The molecule has 0 aromatic carbocycles. The second kappa shape index (κ2) is 6.01. The molecule has 3 rings (SSSR count). The Labute approximate surface area is 127 Å². The fraction of sp³-hybridized carbons (Fsp3) is 0.312. The number of rotatable bonds is 5. The minimum atomic E-state index is -0.944. The standard InChI is InChI=1S/C16H16N2O4/c1-21-16(20)13(12-4-2-3-8-17-12)18-15(19)11-7-9-22-14(11)10-5-6-10/h2-4,7-10,13H,5-6H2,1H3,(H,18,19). The van der Waals surface area contributed by atoms with Crippen molar-refractivity contribution in [1.82, 2.24) is 10.3 Å². The molecule has 0 spiro atoms. The van der Waals surface area contributed by atoms with Gasteiger partial charge in [0.15, 0.2) is 6.04 Å². The Balaban J connectivity index is 1.82. The molecule has 0 aliphatic heterocycles. The van der Waals surface area contributed by atoms with Crippen LogP contribution in [-0.4, -0.2) is 24.0 Å². The van der Waals surface area contributed by atoms with E-state index < -0.39 is 12.0 Å². The van der Waals surface area contributed by atoms with E-state index in [-0.39, 0.29) is 5.91 Å². The molecule has 2 aromatic rings. The highest BCUT2D eigenvalue weighted by atomic mass is 16.5. The van der Waals surface area contributed by atoms with Crippen LogP contribution in [0.2, 0.25) is 0 Å². The topological polar surface area (TPSA) is 81.4 Å². The van der Waals surface area contributed by atoms with E-state index in [1.165, 1.54) is 13.4 Å². The number of carbonyl (C=O) groups is 2. The van der Waals surface area contributed by atoms with E-state index in [0.717, 1.165) is 12.8 Å². The number of amides is 1. The molecule has 0 radical (unpaired) electrons. The van der Waals surface area contributed by atoms with Gasteiger partial charge in [0.05, 0.1) is 24.6 Å². The Morgan fingerprint density at radius 3 is 2.82 bits per heavy atom. The lowest BCUT2D eigenvalue weighted by atomic mass is 10.1. The number of ether oxygens (including phenoxy) is 1. The molecular formula is C16H16N2O4. The molecule has 6 nitrogen and oxygen atoms in total. The second-order valence-electron chi connectivity index (χ2n) is 5.16. The first kappa shape index (κ1) is 14.3. The summed E-state index contributed by atoms with van der Waals surface area (Å²) in [6.45, 7) is 0. The zero-order chi connectivity index (χ0) is 15.5. The Hall–Kier alpha value is -2.63. The number of hydrogen-bond donors (Lipinski definition) is 1. The molecule has 6 heteroatoms. The van der Waals surface area contributed by atoms with Gasteiger partial charge in [-0.25, -0.2) is 4.79 Å². The highest BCUT2D eigenvalue weighted by Gasteiger charge is 2.33. The van der Waals surface area contributed by atoms with Crippen LogP contribution in [0.4, 0.5) is 0 Å². The summed E-state index contributed by atoms with van der Waals surface area (Å²) < 4.78 is 10.1. The SMILES string of the molecule is COC(=O)C(NC(=O)c1ccoc1C1CC1)c1ccccn1. The fourth-order valence-corrected chi connectivity index (χ4v) is 2.30. The number of carbonyl (C=O) groups excluding carboxylic acids is 2. The summed E-state index contributed by atoms with van der Waals surface area (Å²) in [6, 6.07) is 5.83. The zero-order valence-corrected chi connectivity index (χ0v) is 12.1. The highest BCUT2D eigenvalue weighted by Crippen LogP contribution is 2.42. The lowest BCUT2D eigenvalue weighted by Crippen LogP contribution is -2.35. The minimum absolute atomic E-state index is 0.308. The lowest BCUT2D eigenvalue weighted by Gasteiger charge is -2.15. The van der Waals surface area contributed by atoms with Crippen molar-refractivity contribution in [3.8, 4) is 0 Å². The van der Waals surface area contributed by atoms with Gasteiger partial charge in [-0.3, -0.25) is 9.78 Å². The largest absolute Gasteiger partial charge is 0.468 e. The van der Waals surface area contributed by atoms with Crippen molar-refractivity contribution in [1.29, 1.82) is 0 Å². The molecule has 1 N–H and O–H groups in total. The maximum Gasteiger partial charge on any atom is 0.334 e. The van der Waals surface area contributed by atoms with Crippen molar-refractivity contribution in [3.05, 3.63) is 53.7 Å². The van der Waals surface area contributed by atoms with Crippen LogP contribution >= 0.6 is 0 Å². The Morgan fingerprint density at radius 1 is 1.36 bits per heavy atom. The molecule has 1 fully saturated rings. The predicted molar refractivity (Wildman–Crippen MR) is 77.1 cm³/mol. The maximum atomic E-state index is 12.5. The van der Waals surface area contributed by atoms with Gasteiger partial charge in [0.1, 0.15) is 5.76 Å². The molecule has 1 unspecified atom stereocenters. The van der Waals surface area contributed by atoms with E-state index in [4.69, 9.17) is 9.15 Å². The van der Waals surface area contributed by atoms with Crippen molar-refractivity contribution in [2.24, 2.45) is 0 Å². The number of nitrogens with zero attached hydrogens (tertiary/aromatic N) is 1. The summed E-state index contributed by atoms with van der Waals surface area (Å²) in [5.41, 5.74) is 0.895. The quantitative estimate of drug-likeness (QED) is 0.856. The van der Waals surface area contributed by atoms with Crippen LogP contribution in [-0.2, 0) is 9.53 Å². The van der Waals surface area contributed by atoms with Crippen LogP contribution in [0.1, 0.15) is 46.6 Å². The van der Waals surface area contributed by atoms with Crippen molar-refractivity contribution >= 4 is 11.9 Å². The summed E-state index contributed by atoms with van der Waals surface area (Å²) in [5, 5.41) is 2.67. The molecule has 1 saturated carbocycles. The minimum Gasteiger partial charge on any atom is -0.468 e. The van der Waals surface area contributed by atoms with Gasteiger partial charge in [0.25, 0.3) is 5.91 Å². The molecule has 1 amide bonds. The van der Waals surface area contributed by atoms with Gasteiger partial charge in [-0.1, -0.05) is 6.07 Å². The number of aromatic nitrogens is 1. The van der Waals surface area contributed by atoms with Gasteiger partial charge in [-0.2, -0.15) is 0 Å². The van der Waals surface area contributed by atoms with E-state index in [1.54, 1.807) is 30.5 Å². The van der Waals surface area contributed by atoms with Crippen molar-refractivity contribution < 1.29 is 18.7 Å². The van der Waals surface area contributed by atoms with Crippen LogP contribution < -0.4 is 5.32 Å². The van der Waals surface area contributed by atoms with Crippen LogP contribution in [0.15, 0.2) is 41.1 Å². The Kier molecular flexibility index (Phi) is 3.91. The number of nitrogens with one attached hydrogen (secondary N) is 1. The number of pyridine rings is 1. The van der Waals surface area contributed by atoms with E-state index in [1.807, 2.05) is 0 Å². The first-order valence-corrected chi connectivity index (χ1v) is 7.07. The zero-order valence-electron chi connectivity index (χ0n) is 12.1. The average Bonchev–Trinajstić information content (AvgIpc) is 3.29. The molecule has 2 aromatic heterocycles. The van der Waals surface area contributed by atoms with E-state index >= 15 is 0 Å². The summed E-state index contributed by atoms with van der Waals surface area (Å²) in [5.74, 6) is 0.0598. The lowest BCUT2D eigenvalue weighted by molar-refractivity contribution is -0.143. The van der Waals surface area contributed by atoms with E-state index in [2.05, 4.69) is 10.3 Å². The van der Waals surface area contributed by atoms with Crippen molar-refractivity contribution in [2.45, 2.75) is 24.8 Å². The molecule has 1 atom stereocenters. The summed E-state index contributed by atoms with van der Waals surface area (Å²) >= 11 is 0. The van der Waals surface area contributed by atoms with Gasteiger partial charge in [-0.05, 0) is 31.0 Å². The van der Waals surface area contributed by atoms with Crippen LogP contribution in [0.25, 0.3) is 0 Å². The Morgan fingerprint density at radius 2 is 2.18 bits per heavy atom. The normalized spacial score (nSPS) is 15.1. The van der Waals surface area contributed by atoms with E-state index in [0.29, 0.717) is 22.9 Å². The van der Waals surface area contributed by atoms with E-state index in [9.17, 15) is 9.59 Å². The molecule has 1 aliphatic carbocycles. The monoisotopic (exact) mass is 300 g/mol. The number of esters is 1. The number of hydrogen-bond acceptors (Lipinski definition) is 5. The fourth-order valence-electron chi connectivity index (χ4n) is 2.30. The van der Waals surface area contributed by atoms with Crippen molar-refractivity contribution in [3.63, 3.8) is 0 Å². The smallest absolute Gasteiger partial charge is 0.334 e. The van der Waals surface area contributed by atoms with Gasteiger partial charge < -0.3 is 14.5 Å².